The van der Waals surface area contributed by atoms with E-state index in [2.05, 4.69) is 5.10 Å². The van der Waals surface area contributed by atoms with Gasteiger partial charge < -0.3 is 19.3 Å². The second-order valence-corrected chi connectivity index (χ2v) is 9.71. The fourth-order valence-corrected chi connectivity index (χ4v) is 5.77. The third-order valence-corrected chi connectivity index (χ3v) is 7.63. The van der Waals surface area contributed by atoms with Crippen LogP contribution in [0.1, 0.15) is 60.3 Å². The van der Waals surface area contributed by atoms with Gasteiger partial charge in [0.05, 0.1) is 18.3 Å². The molecule has 5 rings (SSSR count). The first kappa shape index (κ1) is 27.3. The predicted molar refractivity (Wildman–Crippen MR) is 141 cm³/mol. The lowest BCUT2D eigenvalue weighted by Crippen LogP contribution is -2.51. The zero-order valence-electron chi connectivity index (χ0n) is 22.3. The highest BCUT2D eigenvalue weighted by molar-refractivity contribution is 5.96. The molecule has 210 valence electrons. The highest BCUT2D eigenvalue weighted by atomic mass is 19.2. The Morgan fingerprint density at radius 1 is 1.10 bits per heavy atom. The van der Waals surface area contributed by atoms with Gasteiger partial charge in [-0.3, -0.25) is 14.3 Å². The molecule has 1 fully saturated rings. The van der Waals surface area contributed by atoms with E-state index in [0.29, 0.717) is 38.0 Å². The highest BCUT2D eigenvalue weighted by Gasteiger charge is 2.48. The lowest BCUT2D eigenvalue weighted by molar-refractivity contribution is 0.0323. The zero-order valence-corrected chi connectivity index (χ0v) is 22.3. The zero-order chi connectivity index (χ0) is 28.4. The summed E-state index contributed by atoms with van der Waals surface area (Å²) in [5.74, 6) is -3.49. The van der Waals surface area contributed by atoms with E-state index in [0.717, 1.165) is 12.3 Å². The number of carbonyl (C=O) groups excluding carboxylic acids is 2. The molecule has 2 aromatic carbocycles. The van der Waals surface area contributed by atoms with Crippen molar-refractivity contribution in [2.24, 2.45) is 0 Å². The van der Waals surface area contributed by atoms with E-state index in [1.165, 1.54) is 21.7 Å². The van der Waals surface area contributed by atoms with Gasteiger partial charge in [-0.2, -0.15) is 5.10 Å². The fourth-order valence-electron chi connectivity index (χ4n) is 5.77. The minimum atomic E-state index is -0.986. The van der Waals surface area contributed by atoms with Crippen molar-refractivity contribution in [2.75, 3.05) is 26.4 Å². The van der Waals surface area contributed by atoms with E-state index >= 15 is 4.39 Å². The molecule has 1 saturated heterocycles. The molecule has 3 atom stereocenters. The molecule has 3 aromatic rings. The lowest BCUT2D eigenvalue weighted by Gasteiger charge is -2.42. The van der Waals surface area contributed by atoms with Crippen LogP contribution < -0.4 is 10.2 Å². The van der Waals surface area contributed by atoms with Crippen molar-refractivity contribution in [2.45, 2.75) is 44.7 Å². The summed E-state index contributed by atoms with van der Waals surface area (Å²) in [4.78, 5) is 42.0. The molecule has 0 radical (unpaired) electrons. The Labute approximate surface area is 229 Å². The van der Waals surface area contributed by atoms with Crippen molar-refractivity contribution in [3.63, 3.8) is 0 Å². The van der Waals surface area contributed by atoms with E-state index in [4.69, 9.17) is 9.47 Å². The molecule has 11 heteroatoms. The molecular formula is C29H30F2N4O5. The maximum absolute atomic E-state index is 15.4. The van der Waals surface area contributed by atoms with Crippen LogP contribution in [0.2, 0.25) is 0 Å². The predicted octanol–water partition coefficient (Wildman–Crippen LogP) is 4.33. The largest absolute Gasteiger partial charge is 0.451 e. The van der Waals surface area contributed by atoms with Crippen LogP contribution in [-0.4, -0.2) is 64.0 Å². The second kappa shape index (κ2) is 11.4. The molecule has 0 spiro atoms. The molecule has 2 amide bonds. The second-order valence-electron chi connectivity index (χ2n) is 9.71. The van der Waals surface area contributed by atoms with Crippen molar-refractivity contribution in [1.82, 2.24) is 19.6 Å². The summed E-state index contributed by atoms with van der Waals surface area (Å²) in [5.41, 5.74) is 0.0232. The summed E-state index contributed by atoms with van der Waals surface area (Å²) >= 11 is 0. The Bertz CT molecular complexity index is 1460. The average molecular weight is 553 g/mol. The monoisotopic (exact) mass is 552 g/mol. The highest BCUT2D eigenvalue weighted by Crippen LogP contribution is 2.46. The standard InChI is InChI=1S/C29H30F2N4O5/c1-3-33(4-2)29(38)40-17-39-27-22(36)16-32-35-25(21-14-9-15-34(21)28(37)26(27)35)23(18-10-6-5-7-11-18)19-12-8-13-20(30)24(19)31/h5-8,10-13,16,21,23,25H,3-4,9,14-15,17H2,1-2H3/t21-,23?,25-/m1/s1. The summed E-state index contributed by atoms with van der Waals surface area (Å²) in [7, 11) is 0. The van der Waals surface area contributed by atoms with Crippen LogP contribution in [0.4, 0.5) is 13.6 Å². The fraction of sp³-hybridized carbons (Fsp3) is 0.379. The molecule has 2 aliphatic heterocycles. The topological polar surface area (TPSA) is 94.0 Å². The smallest absolute Gasteiger partial charge is 0.412 e. The molecule has 0 bridgehead atoms. The van der Waals surface area contributed by atoms with E-state index in [1.807, 2.05) is 18.2 Å². The van der Waals surface area contributed by atoms with Gasteiger partial charge in [0.25, 0.3) is 5.91 Å². The number of nitrogens with zero attached hydrogens (tertiary/aromatic N) is 4. The average Bonchev–Trinajstić information content (AvgIpc) is 3.45. The first-order valence-electron chi connectivity index (χ1n) is 13.3. The van der Waals surface area contributed by atoms with Gasteiger partial charge in [0.2, 0.25) is 18.0 Å². The van der Waals surface area contributed by atoms with Gasteiger partial charge >= 0.3 is 6.09 Å². The Balaban J connectivity index is 1.63. The van der Waals surface area contributed by atoms with Gasteiger partial charge in [-0.25, -0.2) is 13.6 Å². The molecular weight excluding hydrogens is 522 g/mol. The van der Waals surface area contributed by atoms with Gasteiger partial charge in [0.15, 0.2) is 17.3 Å². The first-order valence-corrected chi connectivity index (χ1v) is 13.3. The van der Waals surface area contributed by atoms with Crippen molar-refractivity contribution in [3.8, 4) is 5.75 Å². The SMILES string of the molecule is CCN(CC)C(=O)OCOc1c2n(ncc1=O)[C@@H](C(c1ccccc1)c1cccc(F)c1F)[C@H]1CCCN1C2=O. The third-order valence-electron chi connectivity index (χ3n) is 7.63. The summed E-state index contributed by atoms with van der Waals surface area (Å²) in [6, 6.07) is 12.0. The van der Waals surface area contributed by atoms with Crippen molar-refractivity contribution < 1.29 is 27.8 Å². The van der Waals surface area contributed by atoms with E-state index in [9.17, 15) is 18.8 Å². The molecule has 9 nitrogen and oxygen atoms in total. The number of aromatic nitrogens is 2. The number of benzene rings is 2. The van der Waals surface area contributed by atoms with Gasteiger partial charge in [0.1, 0.15) is 0 Å². The van der Waals surface area contributed by atoms with Crippen molar-refractivity contribution in [3.05, 3.63) is 93.4 Å². The van der Waals surface area contributed by atoms with Crippen LogP contribution in [0.3, 0.4) is 0 Å². The Kier molecular flexibility index (Phi) is 7.81. The molecule has 2 aliphatic rings. The molecule has 40 heavy (non-hydrogen) atoms. The van der Waals surface area contributed by atoms with Gasteiger partial charge in [0, 0.05) is 31.1 Å². The van der Waals surface area contributed by atoms with Crippen LogP contribution in [0, 0.1) is 11.6 Å². The normalized spacial score (nSPS) is 18.6. The summed E-state index contributed by atoms with van der Waals surface area (Å²) in [6.45, 7) is 4.28. The molecule has 1 aromatic heterocycles. The molecule has 3 heterocycles. The minimum Gasteiger partial charge on any atom is -0.451 e. The van der Waals surface area contributed by atoms with E-state index < -0.39 is 53.9 Å². The minimum absolute atomic E-state index is 0.111. The Morgan fingerprint density at radius 2 is 1.85 bits per heavy atom. The van der Waals surface area contributed by atoms with Crippen LogP contribution in [0.5, 0.6) is 5.75 Å². The van der Waals surface area contributed by atoms with Crippen LogP contribution in [0.15, 0.2) is 59.5 Å². The molecule has 1 unspecified atom stereocenters. The number of fused-ring (bicyclic) bond motifs is 2. The quantitative estimate of drug-likeness (QED) is 0.387. The number of hydrogen-bond donors (Lipinski definition) is 0. The van der Waals surface area contributed by atoms with Gasteiger partial charge in [-0.05, 0) is 38.3 Å². The van der Waals surface area contributed by atoms with E-state index in [-0.39, 0.29) is 17.0 Å². The number of ether oxygens (including phenoxy) is 2. The summed E-state index contributed by atoms with van der Waals surface area (Å²) in [5, 5.41) is 4.34. The Morgan fingerprint density at radius 3 is 2.58 bits per heavy atom. The number of amides is 2. The number of halogens is 2. The van der Waals surface area contributed by atoms with Gasteiger partial charge in [-0.15, -0.1) is 0 Å². The maximum Gasteiger partial charge on any atom is 0.412 e. The van der Waals surface area contributed by atoms with Crippen LogP contribution >= 0.6 is 0 Å². The van der Waals surface area contributed by atoms with E-state index in [1.54, 1.807) is 30.9 Å². The maximum atomic E-state index is 15.4. The number of rotatable bonds is 8. The molecule has 0 N–H and O–H groups in total. The Hall–Kier alpha value is -4.28. The third kappa shape index (κ3) is 4.80. The summed E-state index contributed by atoms with van der Waals surface area (Å²) < 4.78 is 42.1. The number of carbonyl (C=O) groups is 2. The molecule has 0 saturated carbocycles. The molecule has 0 aliphatic carbocycles. The first-order chi connectivity index (χ1) is 19.4. The van der Waals surface area contributed by atoms with Gasteiger partial charge in [-0.1, -0.05) is 42.5 Å². The van der Waals surface area contributed by atoms with Crippen LogP contribution in [-0.2, 0) is 4.74 Å². The number of hydrogen-bond acceptors (Lipinski definition) is 6. The summed E-state index contributed by atoms with van der Waals surface area (Å²) in [6.07, 6.45) is 1.71. The van der Waals surface area contributed by atoms with Crippen molar-refractivity contribution >= 4 is 12.0 Å². The van der Waals surface area contributed by atoms with Crippen molar-refractivity contribution in [1.29, 1.82) is 0 Å². The lowest BCUT2D eigenvalue weighted by atomic mass is 9.79. The van der Waals surface area contributed by atoms with Crippen LogP contribution in [0.25, 0.3) is 0 Å².